The quantitative estimate of drug-likeness (QED) is 0.455. The number of fused-ring (bicyclic) bond motifs is 1. The topological polar surface area (TPSA) is 48.5 Å². The molecule has 1 atom stereocenters. The molecule has 0 fully saturated rings. The minimum Gasteiger partial charge on any atom is -0.306 e. The maximum absolute atomic E-state index is 13.7. The first kappa shape index (κ1) is 19.4. The van der Waals surface area contributed by atoms with Gasteiger partial charge in [-0.05, 0) is 73.7 Å². The molecule has 6 heteroatoms. The lowest BCUT2D eigenvalue weighted by molar-refractivity contribution is 0.444. The average molecular weight is 414 g/mol. The Kier molecular flexibility index (Phi) is 4.98. The van der Waals surface area contributed by atoms with Crippen molar-refractivity contribution in [1.82, 2.24) is 24.3 Å². The summed E-state index contributed by atoms with van der Waals surface area (Å²) in [4.78, 5) is 9.08. The van der Waals surface area contributed by atoms with Crippen LogP contribution in [-0.2, 0) is 6.54 Å². The van der Waals surface area contributed by atoms with Gasteiger partial charge in [0.25, 0.3) is 0 Å². The van der Waals surface area contributed by atoms with Crippen LogP contribution < -0.4 is 0 Å². The zero-order valence-corrected chi connectivity index (χ0v) is 17.7. The SMILES string of the molecule is Cc1cn(-c2ccc(/C=C/c3nc4n(n3)CCC[C@H]4c3cccc(F)c3)cc2C)cn1. The number of halogens is 1. The Morgan fingerprint density at radius 3 is 2.77 bits per heavy atom. The predicted octanol–water partition coefficient (Wildman–Crippen LogP) is 5.32. The molecule has 5 nitrogen and oxygen atoms in total. The van der Waals surface area contributed by atoms with Crippen LogP contribution >= 0.6 is 0 Å². The van der Waals surface area contributed by atoms with Gasteiger partial charge in [-0.15, -0.1) is 0 Å². The Hall–Kier alpha value is -3.54. The molecule has 4 aromatic rings. The maximum Gasteiger partial charge on any atom is 0.174 e. The molecule has 1 aliphatic rings. The highest BCUT2D eigenvalue weighted by molar-refractivity contribution is 5.68. The number of rotatable bonds is 4. The van der Waals surface area contributed by atoms with Crippen molar-refractivity contribution >= 4 is 12.2 Å². The number of aromatic nitrogens is 5. The van der Waals surface area contributed by atoms with Crippen LogP contribution in [0.25, 0.3) is 17.8 Å². The fourth-order valence-corrected chi connectivity index (χ4v) is 4.27. The van der Waals surface area contributed by atoms with Crippen LogP contribution in [0.3, 0.4) is 0 Å². The molecule has 5 rings (SSSR count). The van der Waals surface area contributed by atoms with E-state index in [4.69, 9.17) is 4.98 Å². The monoisotopic (exact) mass is 413 g/mol. The van der Waals surface area contributed by atoms with Crippen molar-refractivity contribution in [3.8, 4) is 5.69 Å². The van der Waals surface area contributed by atoms with E-state index >= 15 is 0 Å². The number of hydrogen-bond donors (Lipinski definition) is 0. The van der Waals surface area contributed by atoms with Gasteiger partial charge in [0.2, 0.25) is 0 Å². The van der Waals surface area contributed by atoms with E-state index in [9.17, 15) is 4.39 Å². The summed E-state index contributed by atoms with van der Waals surface area (Å²) < 4.78 is 17.7. The molecule has 31 heavy (non-hydrogen) atoms. The van der Waals surface area contributed by atoms with Gasteiger partial charge in [0.1, 0.15) is 11.6 Å². The van der Waals surface area contributed by atoms with Gasteiger partial charge in [-0.2, -0.15) is 5.10 Å². The lowest BCUT2D eigenvalue weighted by Gasteiger charge is -2.22. The summed E-state index contributed by atoms with van der Waals surface area (Å²) in [5, 5.41) is 4.67. The number of benzene rings is 2. The molecule has 0 aliphatic carbocycles. The van der Waals surface area contributed by atoms with Crippen LogP contribution in [0.2, 0.25) is 0 Å². The standard InChI is InChI=1S/C25H24FN5/c1-17-13-19(8-10-23(17)30-15-18(2)27-16-30)9-11-24-28-25-22(7-4-12-31(25)29-24)20-5-3-6-21(26)14-20/h3,5-6,8-11,13-16,22H,4,7,12H2,1-2H3/b11-9+/t22-/m0/s1. The summed E-state index contributed by atoms with van der Waals surface area (Å²) >= 11 is 0. The summed E-state index contributed by atoms with van der Waals surface area (Å²) in [6.45, 7) is 4.93. The van der Waals surface area contributed by atoms with Gasteiger partial charge in [-0.1, -0.05) is 24.3 Å². The molecule has 2 aromatic carbocycles. The van der Waals surface area contributed by atoms with Crippen LogP contribution in [0.1, 0.15) is 52.8 Å². The Morgan fingerprint density at radius 2 is 2.00 bits per heavy atom. The van der Waals surface area contributed by atoms with Crippen LogP contribution in [0.5, 0.6) is 0 Å². The van der Waals surface area contributed by atoms with Crippen molar-refractivity contribution < 1.29 is 4.39 Å². The lowest BCUT2D eigenvalue weighted by Crippen LogP contribution is -2.18. The van der Waals surface area contributed by atoms with E-state index in [0.29, 0.717) is 5.82 Å². The summed E-state index contributed by atoms with van der Waals surface area (Å²) in [7, 11) is 0. The van der Waals surface area contributed by atoms with Crippen molar-refractivity contribution in [2.45, 2.75) is 39.2 Å². The Balaban J connectivity index is 1.39. The number of hydrogen-bond acceptors (Lipinski definition) is 3. The molecule has 3 heterocycles. The largest absolute Gasteiger partial charge is 0.306 e. The molecule has 0 saturated heterocycles. The first-order chi connectivity index (χ1) is 15.1. The van der Waals surface area contributed by atoms with Crippen molar-refractivity contribution in [3.05, 3.63) is 94.8 Å². The number of aryl methyl sites for hydroxylation is 3. The third kappa shape index (κ3) is 3.93. The van der Waals surface area contributed by atoms with E-state index in [0.717, 1.165) is 47.7 Å². The van der Waals surface area contributed by atoms with E-state index in [1.54, 1.807) is 12.1 Å². The highest BCUT2D eigenvalue weighted by atomic mass is 19.1. The Morgan fingerprint density at radius 1 is 1.10 bits per heavy atom. The molecule has 0 spiro atoms. The Bertz CT molecular complexity index is 1270. The smallest absolute Gasteiger partial charge is 0.174 e. The van der Waals surface area contributed by atoms with Crippen molar-refractivity contribution in [2.75, 3.05) is 0 Å². The molecule has 2 aromatic heterocycles. The minimum absolute atomic E-state index is 0.0827. The predicted molar refractivity (Wildman–Crippen MR) is 119 cm³/mol. The normalized spacial score (nSPS) is 16.0. The van der Waals surface area contributed by atoms with Gasteiger partial charge < -0.3 is 4.57 Å². The third-order valence-corrected chi connectivity index (χ3v) is 5.78. The van der Waals surface area contributed by atoms with Gasteiger partial charge in [0.05, 0.1) is 12.0 Å². The average Bonchev–Trinajstić information content (AvgIpc) is 3.38. The second kappa shape index (κ2) is 7.95. The first-order valence-electron chi connectivity index (χ1n) is 10.6. The van der Waals surface area contributed by atoms with Crippen molar-refractivity contribution in [3.63, 3.8) is 0 Å². The minimum atomic E-state index is -0.209. The zero-order valence-electron chi connectivity index (χ0n) is 17.7. The maximum atomic E-state index is 13.7. The Labute approximate surface area is 180 Å². The molecule has 156 valence electrons. The van der Waals surface area contributed by atoms with Gasteiger partial charge in [-0.3, -0.25) is 0 Å². The molecule has 0 unspecified atom stereocenters. The van der Waals surface area contributed by atoms with Crippen LogP contribution in [-0.4, -0.2) is 24.3 Å². The molecule has 0 bridgehead atoms. The van der Waals surface area contributed by atoms with Crippen molar-refractivity contribution in [2.24, 2.45) is 0 Å². The molecule has 0 N–H and O–H groups in total. The van der Waals surface area contributed by atoms with E-state index < -0.39 is 0 Å². The fourth-order valence-electron chi connectivity index (χ4n) is 4.27. The highest BCUT2D eigenvalue weighted by Crippen LogP contribution is 2.32. The zero-order chi connectivity index (χ0) is 21.4. The van der Waals surface area contributed by atoms with Gasteiger partial charge in [0, 0.05) is 24.3 Å². The van der Waals surface area contributed by atoms with E-state index in [-0.39, 0.29) is 11.7 Å². The van der Waals surface area contributed by atoms with Crippen LogP contribution in [0.4, 0.5) is 4.39 Å². The van der Waals surface area contributed by atoms with E-state index in [2.05, 4.69) is 35.2 Å². The second-order valence-electron chi connectivity index (χ2n) is 8.10. The van der Waals surface area contributed by atoms with E-state index in [1.807, 2.05) is 46.9 Å². The summed E-state index contributed by atoms with van der Waals surface area (Å²) in [5.41, 5.74) is 5.33. The van der Waals surface area contributed by atoms with Gasteiger partial charge in [0.15, 0.2) is 5.82 Å². The third-order valence-electron chi connectivity index (χ3n) is 5.78. The molecule has 0 amide bonds. The lowest BCUT2D eigenvalue weighted by atomic mass is 9.91. The second-order valence-corrected chi connectivity index (χ2v) is 8.10. The van der Waals surface area contributed by atoms with Gasteiger partial charge >= 0.3 is 0 Å². The molecular formula is C25H24FN5. The number of nitrogens with zero attached hydrogens (tertiary/aromatic N) is 5. The number of imidazole rings is 1. The van der Waals surface area contributed by atoms with E-state index in [1.165, 1.54) is 11.6 Å². The molecule has 0 radical (unpaired) electrons. The molecule has 1 aliphatic heterocycles. The molecule has 0 saturated carbocycles. The summed E-state index contributed by atoms with van der Waals surface area (Å²) in [5.74, 6) is 1.47. The highest BCUT2D eigenvalue weighted by Gasteiger charge is 2.25. The summed E-state index contributed by atoms with van der Waals surface area (Å²) in [6, 6.07) is 13.1. The first-order valence-corrected chi connectivity index (χ1v) is 10.6. The van der Waals surface area contributed by atoms with Crippen LogP contribution in [0, 0.1) is 19.7 Å². The van der Waals surface area contributed by atoms with Gasteiger partial charge in [-0.25, -0.2) is 19.0 Å². The summed E-state index contributed by atoms with van der Waals surface area (Å²) in [6.07, 6.45) is 9.81. The van der Waals surface area contributed by atoms with Crippen LogP contribution in [0.15, 0.2) is 55.0 Å². The molecular weight excluding hydrogens is 389 g/mol. The fraction of sp³-hybridized carbons (Fsp3) is 0.240. The van der Waals surface area contributed by atoms with Crippen molar-refractivity contribution in [1.29, 1.82) is 0 Å².